The maximum Gasteiger partial charge on any atom is 0.157 e. The highest BCUT2D eigenvalue weighted by Gasteiger charge is 2.12. The van der Waals surface area contributed by atoms with Crippen LogP contribution in [0.4, 0.5) is 0 Å². The second-order valence-corrected chi connectivity index (χ2v) is 4.53. The zero-order valence-electron chi connectivity index (χ0n) is 11.2. The molecular formula is C15H16O6. The van der Waals surface area contributed by atoms with Gasteiger partial charge in [-0.15, -0.1) is 0 Å². The van der Waals surface area contributed by atoms with Gasteiger partial charge in [-0.25, -0.2) is 0 Å². The highest BCUT2D eigenvalue weighted by atomic mass is 16.5. The van der Waals surface area contributed by atoms with Crippen molar-refractivity contribution in [2.75, 3.05) is 6.61 Å². The molecule has 21 heavy (non-hydrogen) atoms. The summed E-state index contributed by atoms with van der Waals surface area (Å²) in [6.07, 6.45) is 0.183. The van der Waals surface area contributed by atoms with E-state index in [1.54, 1.807) is 6.07 Å². The molecule has 112 valence electrons. The first-order valence-electron chi connectivity index (χ1n) is 6.30. The monoisotopic (exact) mass is 292 g/mol. The molecule has 0 atom stereocenters. The first kappa shape index (κ1) is 14.8. The van der Waals surface area contributed by atoms with Crippen molar-refractivity contribution >= 4 is 0 Å². The Morgan fingerprint density at radius 3 is 2.29 bits per heavy atom. The van der Waals surface area contributed by atoms with Crippen LogP contribution in [0.1, 0.15) is 11.1 Å². The summed E-state index contributed by atoms with van der Waals surface area (Å²) in [6, 6.07) is 6.77. The molecule has 0 fully saturated rings. The standard InChI is InChI=1S/C15H16O6/c16-4-3-11-13(19)6-10(17)7-15(11)21-8-9-1-2-12(18)14(20)5-9/h1-2,5-7,16-20H,3-4,8H2. The van der Waals surface area contributed by atoms with Crippen LogP contribution in [0.2, 0.25) is 0 Å². The Balaban J connectivity index is 2.20. The minimum absolute atomic E-state index is 0.0646. The van der Waals surface area contributed by atoms with Gasteiger partial charge in [-0.1, -0.05) is 6.07 Å². The van der Waals surface area contributed by atoms with Crippen LogP contribution >= 0.6 is 0 Å². The molecule has 0 radical (unpaired) electrons. The minimum atomic E-state index is -0.259. The number of aromatic hydroxyl groups is 4. The summed E-state index contributed by atoms with van der Waals surface area (Å²) in [7, 11) is 0. The number of rotatable bonds is 5. The fraction of sp³-hybridized carbons (Fsp3) is 0.200. The quantitative estimate of drug-likeness (QED) is 0.536. The van der Waals surface area contributed by atoms with Crippen LogP contribution in [0.15, 0.2) is 30.3 Å². The van der Waals surface area contributed by atoms with Crippen molar-refractivity contribution in [3.8, 4) is 28.7 Å². The predicted molar refractivity (Wildman–Crippen MR) is 74.7 cm³/mol. The van der Waals surface area contributed by atoms with E-state index in [2.05, 4.69) is 0 Å². The van der Waals surface area contributed by atoms with Gasteiger partial charge in [0.15, 0.2) is 11.5 Å². The topological polar surface area (TPSA) is 110 Å². The highest BCUT2D eigenvalue weighted by molar-refractivity contribution is 5.49. The highest BCUT2D eigenvalue weighted by Crippen LogP contribution is 2.34. The molecule has 0 aliphatic rings. The minimum Gasteiger partial charge on any atom is -0.508 e. The van der Waals surface area contributed by atoms with Gasteiger partial charge in [0.05, 0.1) is 0 Å². The molecule has 0 saturated carbocycles. The van der Waals surface area contributed by atoms with Gasteiger partial charge in [0.1, 0.15) is 23.9 Å². The normalized spacial score (nSPS) is 10.5. The predicted octanol–water partition coefficient (Wildman–Crippen LogP) is 1.62. The summed E-state index contributed by atoms with van der Waals surface area (Å²) in [5.74, 6) is -0.556. The summed E-state index contributed by atoms with van der Waals surface area (Å²) in [5.41, 5.74) is 0.987. The third-order valence-electron chi connectivity index (χ3n) is 2.97. The molecule has 0 aromatic heterocycles. The zero-order chi connectivity index (χ0) is 15.4. The van der Waals surface area contributed by atoms with Crippen molar-refractivity contribution in [1.82, 2.24) is 0 Å². The van der Waals surface area contributed by atoms with Gasteiger partial charge >= 0.3 is 0 Å². The summed E-state index contributed by atoms with van der Waals surface area (Å²) < 4.78 is 5.51. The van der Waals surface area contributed by atoms with Gasteiger partial charge in [0.2, 0.25) is 0 Å². The van der Waals surface area contributed by atoms with E-state index >= 15 is 0 Å². The molecule has 0 aliphatic heterocycles. The van der Waals surface area contributed by atoms with Crippen LogP contribution in [0.3, 0.4) is 0 Å². The van der Waals surface area contributed by atoms with Crippen molar-refractivity contribution < 1.29 is 30.3 Å². The Labute approximate surface area is 121 Å². The van der Waals surface area contributed by atoms with E-state index in [4.69, 9.17) is 9.84 Å². The second-order valence-electron chi connectivity index (χ2n) is 4.53. The maximum atomic E-state index is 9.76. The van der Waals surface area contributed by atoms with Gasteiger partial charge in [-0.3, -0.25) is 0 Å². The summed E-state index contributed by atoms with van der Waals surface area (Å²) in [5, 5.41) is 46.9. The van der Waals surface area contributed by atoms with E-state index < -0.39 is 0 Å². The molecule has 0 aliphatic carbocycles. The summed E-state index contributed by atoms with van der Waals surface area (Å²) in [6.45, 7) is -0.107. The lowest BCUT2D eigenvalue weighted by Crippen LogP contribution is -2.01. The number of phenols is 4. The third-order valence-corrected chi connectivity index (χ3v) is 2.97. The molecule has 0 heterocycles. The average Bonchev–Trinajstić information content (AvgIpc) is 2.43. The first-order valence-corrected chi connectivity index (χ1v) is 6.30. The summed E-state index contributed by atoms with van der Waals surface area (Å²) in [4.78, 5) is 0. The molecule has 2 rings (SSSR count). The molecule has 6 nitrogen and oxygen atoms in total. The van der Waals surface area contributed by atoms with E-state index in [1.165, 1.54) is 24.3 Å². The number of hydrogen-bond donors (Lipinski definition) is 5. The lowest BCUT2D eigenvalue weighted by Gasteiger charge is -2.13. The van der Waals surface area contributed by atoms with Crippen molar-refractivity contribution in [2.45, 2.75) is 13.0 Å². The van der Waals surface area contributed by atoms with E-state index in [0.717, 1.165) is 0 Å². The molecule has 0 bridgehead atoms. The Bertz CT molecular complexity index is 638. The van der Waals surface area contributed by atoms with E-state index in [-0.39, 0.29) is 48.4 Å². The lowest BCUT2D eigenvalue weighted by atomic mass is 10.1. The Morgan fingerprint density at radius 2 is 1.62 bits per heavy atom. The number of phenolic OH excluding ortho intramolecular Hbond substituents is 4. The number of ether oxygens (including phenoxy) is 1. The fourth-order valence-electron chi connectivity index (χ4n) is 1.93. The molecule has 5 N–H and O–H groups in total. The van der Waals surface area contributed by atoms with E-state index in [9.17, 15) is 20.4 Å². The van der Waals surface area contributed by atoms with Crippen LogP contribution in [-0.4, -0.2) is 32.1 Å². The van der Waals surface area contributed by atoms with Crippen LogP contribution in [0, 0.1) is 0 Å². The molecule has 0 unspecified atom stereocenters. The smallest absolute Gasteiger partial charge is 0.157 e. The Hall–Kier alpha value is -2.60. The molecule has 0 amide bonds. The fourth-order valence-corrected chi connectivity index (χ4v) is 1.93. The van der Waals surface area contributed by atoms with Gasteiger partial charge in [-0.2, -0.15) is 0 Å². The number of hydrogen-bond acceptors (Lipinski definition) is 6. The van der Waals surface area contributed by atoms with Crippen LogP contribution in [0.25, 0.3) is 0 Å². The number of aliphatic hydroxyl groups excluding tert-OH is 1. The molecule has 6 heteroatoms. The van der Waals surface area contributed by atoms with E-state index in [1.807, 2.05) is 0 Å². The molecule has 0 spiro atoms. The largest absolute Gasteiger partial charge is 0.508 e. The Kier molecular flexibility index (Phi) is 4.39. The number of benzene rings is 2. The van der Waals surface area contributed by atoms with Gasteiger partial charge < -0.3 is 30.3 Å². The van der Waals surface area contributed by atoms with Crippen molar-refractivity contribution in [2.24, 2.45) is 0 Å². The van der Waals surface area contributed by atoms with Crippen molar-refractivity contribution in [3.05, 3.63) is 41.5 Å². The van der Waals surface area contributed by atoms with E-state index in [0.29, 0.717) is 11.1 Å². The van der Waals surface area contributed by atoms with Crippen molar-refractivity contribution in [1.29, 1.82) is 0 Å². The lowest BCUT2D eigenvalue weighted by molar-refractivity contribution is 0.278. The first-order chi connectivity index (χ1) is 10.0. The second kappa shape index (κ2) is 6.23. The SMILES string of the molecule is OCCc1c(O)cc(O)cc1OCc1ccc(O)c(O)c1. The van der Waals surface area contributed by atoms with Gasteiger partial charge in [-0.05, 0) is 17.7 Å². The molecule has 2 aromatic carbocycles. The Morgan fingerprint density at radius 1 is 0.857 bits per heavy atom. The maximum absolute atomic E-state index is 9.76. The third kappa shape index (κ3) is 3.49. The van der Waals surface area contributed by atoms with Gasteiger partial charge in [0.25, 0.3) is 0 Å². The van der Waals surface area contributed by atoms with Crippen LogP contribution in [-0.2, 0) is 13.0 Å². The number of aliphatic hydroxyl groups is 1. The van der Waals surface area contributed by atoms with Gasteiger partial charge in [0, 0.05) is 30.7 Å². The average molecular weight is 292 g/mol. The molecule has 2 aromatic rings. The van der Waals surface area contributed by atoms with Crippen LogP contribution < -0.4 is 4.74 Å². The molecule has 0 saturated heterocycles. The zero-order valence-corrected chi connectivity index (χ0v) is 11.2. The molecular weight excluding hydrogens is 276 g/mol. The summed E-state index contributed by atoms with van der Waals surface area (Å²) >= 11 is 0. The van der Waals surface area contributed by atoms with Crippen LogP contribution in [0.5, 0.6) is 28.7 Å². The van der Waals surface area contributed by atoms with Crippen molar-refractivity contribution in [3.63, 3.8) is 0 Å².